The molecular formula is C31H31N3O2. The van der Waals surface area contributed by atoms with Crippen LogP contribution in [0.1, 0.15) is 45.2 Å². The van der Waals surface area contributed by atoms with E-state index in [9.17, 15) is 4.79 Å². The third kappa shape index (κ3) is 3.81. The highest BCUT2D eigenvalue weighted by Gasteiger charge is 2.50. The molecule has 36 heavy (non-hydrogen) atoms. The second-order valence-corrected chi connectivity index (χ2v) is 9.49. The number of nitrogens with zero attached hydrogens (tertiary/aromatic N) is 3. The normalized spacial score (nSPS) is 16.4. The van der Waals surface area contributed by atoms with Gasteiger partial charge in [0.25, 0.3) is 0 Å². The number of aryl methyl sites for hydroxylation is 2. The smallest absolute Gasteiger partial charge is 0.341 e. The van der Waals surface area contributed by atoms with Gasteiger partial charge in [0, 0.05) is 55.0 Å². The molecule has 4 aromatic rings. The first kappa shape index (κ1) is 23.6. The summed E-state index contributed by atoms with van der Waals surface area (Å²) in [6.45, 7) is 7.15. The Kier molecular flexibility index (Phi) is 6.00. The number of anilines is 3. The summed E-state index contributed by atoms with van der Waals surface area (Å²) in [5.41, 5.74) is 7.39. The van der Waals surface area contributed by atoms with Crippen LogP contribution in [0.4, 0.5) is 17.1 Å². The van der Waals surface area contributed by atoms with Crippen LogP contribution in [0.15, 0.2) is 85.1 Å². The van der Waals surface area contributed by atoms with E-state index in [0.717, 1.165) is 40.3 Å². The van der Waals surface area contributed by atoms with E-state index in [-0.39, 0.29) is 5.97 Å². The molecule has 5 rings (SSSR count). The van der Waals surface area contributed by atoms with Gasteiger partial charge >= 0.3 is 5.97 Å². The minimum atomic E-state index is -1.11. The van der Waals surface area contributed by atoms with Crippen LogP contribution in [0, 0.1) is 13.8 Å². The van der Waals surface area contributed by atoms with Crippen molar-refractivity contribution in [2.24, 2.45) is 0 Å². The number of cyclic esters (lactones) is 1. The minimum Gasteiger partial charge on any atom is -0.439 e. The average Bonchev–Trinajstić information content (AvgIpc) is 3.19. The zero-order chi connectivity index (χ0) is 25.4. The van der Waals surface area contributed by atoms with Crippen molar-refractivity contribution < 1.29 is 9.53 Å². The van der Waals surface area contributed by atoms with Gasteiger partial charge in [0.15, 0.2) is 0 Å². The van der Waals surface area contributed by atoms with Crippen molar-refractivity contribution in [1.82, 2.24) is 4.98 Å². The fourth-order valence-corrected chi connectivity index (χ4v) is 5.07. The summed E-state index contributed by atoms with van der Waals surface area (Å²) in [6.07, 6.45) is 1.73. The quantitative estimate of drug-likeness (QED) is 0.301. The van der Waals surface area contributed by atoms with Gasteiger partial charge in [-0.25, -0.2) is 4.79 Å². The van der Waals surface area contributed by atoms with Crippen molar-refractivity contribution in [2.45, 2.75) is 26.4 Å². The highest BCUT2D eigenvalue weighted by molar-refractivity contribution is 5.95. The molecule has 0 N–H and O–H groups in total. The molecule has 1 aliphatic rings. The number of pyridine rings is 1. The van der Waals surface area contributed by atoms with Gasteiger partial charge in [0.1, 0.15) is 5.69 Å². The van der Waals surface area contributed by atoms with Gasteiger partial charge < -0.3 is 14.5 Å². The Balaban J connectivity index is 1.67. The number of carbonyl (C=O) groups is 1. The molecule has 1 aliphatic heterocycles. The highest BCUT2D eigenvalue weighted by Crippen LogP contribution is 2.47. The molecule has 5 nitrogen and oxygen atoms in total. The largest absolute Gasteiger partial charge is 0.439 e. The Hall–Kier alpha value is -4.12. The number of ether oxygens (including phenoxy) is 1. The fraction of sp³-hybridized carbons (Fsp3) is 0.226. The molecule has 0 saturated carbocycles. The molecule has 0 saturated heterocycles. The summed E-state index contributed by atoms with van der Waals surface area (Å²) in [5, 5.41) is 0. The number of esters is 1. The number of aromatic nitrogens is 1. The van der Waals surface area contributed by atoms with Crippen LogP contribution >= 0.6 is 0 Å². The second-order valence-electron chi connectivity index (χ2n) is 9.49. The van der Waals surface area contributed by atoms with Crippen LogP contribution in [-0.4, -0.2) is 31.6 Å². The first-order valence-corrected chi connectivity index (χ1v) is 12.3. The molecule has 1 atom stereocenters. The molecule has 0 amide bonds. The van der Waals surface area contributed by atoms with Crippen molar-refractivity contribution in [3.63, 3.8) is 0 Å². The van der Waals surface area contributed by atoms with Gasteiger partial charge in [0.2, 0.25) is 5.60 Å². The lowest BCUT2D eigenvalue weighted by atomic mass is 9.80. The number of hydrogen-bond acceptors (Lipinski definition) is 5. The summed E-state index contributed by atoms with van der Waals surface area (Å²) in [6, 6.07) is 26.6. The Labute approximate surface area is 213 Å². The molecule has 0 radical (unpaired) electrons. The van der Waals surface area contributed by atoms with E-state index < -0.39 is 5.60 Å². The Bertz CT molecular complexity index is 1410. The van der Waals surface area contributed by atoms with Gasteiger partial charge in [-0.2, -0.15) is 0 Å². The molecule has 0 bridgehead atoms. The van der Waals surface area contributed by atoms with E-state index in [2.05, 4.69) is 73.1 Å². The van der Waals surface area contributed by atoms with E-state index >= 15 is 0 Å². The van der Waals surface area contributed by atoms with Gasteiger partial charge in [0.05, 0.1) is 5.56 Å². The molecule has 0 fully saturated rings. The van der Waals surface area contributed by atoms with Gasteiger partial charge in [-0.15, -0.1) is 0 Å². The van der Waals surface area contributed by atoms with E-state index in [1.54, 1.807) is 18.3 Å². The maximum Gasteiger partial charge on any atom is 0.341 e. The molecule has 0 spiro atoms. The van der Waals surface area contributed by atoms with Crippen LogP contribution in [-0.2, 0) is 10.3 Å². The standard InChI is InChI=1S/C31H31N3O2/c1-6-34(25-13-9-21(2)10-14-25)26-17-18-28(22(3)20-26)31(23-11-15-24(16-12-23)33(4)5)29-27(30(35)36-31)8-7-19-32-29/h7-20H,6H2,1-5H3. The van der Waals surface area contributed by atoms with E-state index in [1.807, 2.05) is 43.3 Å². The lowest BCUT2D eigenvalue weighted by Gasteiger charge is -2.32. The van der Waals surface area contributed by atoms with Crippen LogP contribution in [0.2, 0.25) is 0 Å². The molecule has 1 unspecified atom stereocenters. The fourth-order valence-electron chi connectivity index (χ4n) is 5.07. The molecule has 182 valence electrons. The van der Waals surface area contributed by atoms with Crippen molar-refractivity contribution in [1.29, 1.82) is 0 Å². The second kappa shape index (κ2) is 9.15. The van der Waals surface area contributed by atoms with E-state index in [4.69, 9.17) is 4.74 Å². The van der Waals surface area contributed by atoms with Crippen LogP contribution in [0.3, 0.4) is 0 Å². The number of benzene rings is 3. The minimum absolute atomic E-state index is 0.354. The third-order valence-corrected chi connectivity index (χ3v) is 6.96. The first-order chi connectivity index (χ1) is 17.3. The SMILES string of the molecule is CCN(c1ccc(C)cc1)c1ccc(C2(c3ccc(N(C)C)cc3)OC(=O)c3cccnc32)c(C)c1. The summed E-state index contributed by atoms with van der Waals surface area (Å²) in [7, 11) is 4.02. The molecule has 2 heterocycles. The van der Waals surface area contributed by atoms with Crippen LogP contribution in [0.5, 0.6) is 0 Å². The monoisotopic (exact) mass is 477 g/mol. The summed E-state index contributed by atoms with van der Waals surface area (Å²) < 4.78 is 6.27. The number of carbonyl (C=O) groups excluding carboxylic acids is 1. The lowest BCUT2D eigenvalue weighted by molar-refractivity contribution is 0.0242. The Morgan fingerprint density at radius 3 is 2.17 bits per heavy atom. The zero-order valence-electron chi connectivity index (χ0n) is 21.4. The Morgan fingerprint density at radius 1 is 0.861 bits per heavy atom. The molecule has 0 aliphatic carbocycles. The van der Waals surface area contributed by atoms with Crippen LogP contribution < -0.4 is 9.80 Å². The van der Waals surface area contributed by atoms with E-state index in [0.29, 0.717) is 11.3 Å². The van der Waals surface area contributed by atoms with Crippen molar-refractivity contribution in [3.8, 4) is 0 Å². The van der Waals surface area contributed by atoms with E-state index in [1.165, 1.54) is 5.56 Å². The molecule has 3 aromatic carbocycles. The maximum atomic E-state index is 13.1. The van der Waals surface area contributed by atoms with Gasteiger partial charge in [-0.05, 0) is 74.9 Å². The predicted octanol–water partition coefficient (Wildman–Crippen LogP) is 6.38. The zero-order valence-corrected chi connectivity index (χ0v) is 21.4. The summed E-state index contributed by atoms with van der Waals surface area (Å²) in [5.74, 6) is -0.354. The van der Waals surface area contributed by atoms with Gasteiger partial charge in [-0.3, -0.25) is 4.98 Å². The molecule has 1 aromatic heterocycles. The maximum absolute atomic E-state index is 13.1. The first-order valence-electron chi connectivity index (χ1n) is 12.3. The predicted molar refractivity (Wildman–Crippen MR) is 145 cm³/mol. The number of fused-ring (bicyclic) bond motifs is 1. The molecular weight excluding hydrogens is 446 g/mol. The van der Waals surface area contributed by atoms with Gasteiger partial charge in [-0.1, -0.05) is 35.9 Å². The van der Waals surface area contributed by atoms with Crippen molar-refractivity contribution in [3.05, 3.63) is 119 Å². The summed E-state index contributed by atoms with van der Waals surface area (Å²) >= 11 is 0. The third-order valence-electron chi connectivity index (χ3n) is 6.96. The lowest BCUT2D eigenvalue weighted by Crippen LogP contribution is -2.31. The molecule has 5 heteroatoms. The van der Waals surface area contributed by atoms with Crippen molar-refractivity contribution >= 4 is 23.0 Å². The topological polar surface area (TPSA) is 45.7 Å². The van der Waals surface area contributed by atoms with Crippen molar-refractivity contribution in [2.75, 3.05) is 30.4 Å². The number of rotatable bonds is 6. The highest BCUT2D eigenvalue weighted by atomic mass is 16.6. The number of hydrogen-bond donors (Lipinski definition) is 0. The summed E-state index contributed by atoms with van der Waals surface area (Å²) in [4.78, 5) is 22.1. The van der Waals surface area contributed by atoms with Crippen LogP contribution in [0.25, 0.3) is 0 Å². The average molecular weight is 478 g/mol. The Morgan fingerprint density at radius 2 is 1.53 bits per heavy atom.